The van der Waals surface area contributed by atoms with Crippen LogP contribution >= 0.6 is 0 Å². The molecule has 0 saturated carbocycles. The first-order valence-corrected chi connectivity index (χ1v) is 7.83. The molecule has 0 spiro atoms. The standard InChI is InChI=1S/C16H30N2O4/c1-15(2,3)21-13(19)17(7)12-9-8-10-18(11-12)14(20)22-16(4,5)6/h12H,8-11H2,1-7H3. The van der Waals surface area contributed by atoms with Crippen molar-refractivity contribution in [3.8, 4) is 0 Å². The molecule has 0 aromatic carbocycles. The van der Waals surface area contributed by atoms with Crippen LogP contribution in [0.5, 0.6) is 0 Å². The molecule has 1 fully saturated rings. The van der Waals surface area contributed by atoms with E-state index < -0.39 is 11.2 Å². The van der Waals surface area contributed by atoms with Crippen molar-refractivity contribution in [1.29, 1.82) is 0 Å². The van der Waals surface area contributed by atoms with Gasteiger partial charge in [-0.1, -0.05) is 0 Å². The van der Waals surface area contributed by atoms with Gasteiger partial charge in [0.2, 0.25) is 0 Å². The molecule has 22 heavy (non-hydrogen) atoms. The fourth-order valence-electron chi connectivity index (χ4n) is 2.25. The van der Waals surface area contributed by atoms with Crippen molar-refractivity contribution in [2.45, 2.75) is 71.6 Å². The van der Waals surface area contributed by atoms with Crippen LogP contribution in [0.1, 0.15) is 54.4 Å². The topological polar surface area (TPSA) is 59.1 Å². The van der Waals surface area contributed by atoms with Gasteiger partial charge in [-0.05, 0) is 54.4 Å². The molecule has 0 aromatic heterocycles. The lowest BCUT2D eigenvalue weighted by atomic mass is 10.1. The maximum Gasteiger partial charge on any atom is 0.410 e. The van der Waals surface area contributed by atoms with Crippen LogP contribution in [-0.4, -0.2) is 59.4 Å². The number of hydrogen-bond acceptors (Lipinski definition) is 4. The van der Waals surface area contributed by atoms with Crippen molar-refractivity contribution in [3.05, 3.63) is 0 Å². The van der Waals surface area contributed by atoms with Gasteiger partial charge in [0, 0.05) is 20.1 Å². The summed E-state index contributed by atoms with van der Waals surface area (Å²) in [6.07, 6.45) is 1.02. The number of amides is 2. The van der Waals surface area contributed by atoms with E-state index in [2.05, 4.69) is 0 Å². The number of likely N-dealkylation sites (tertiary alicyclic amines) is 1. The van der Waals surface area contributed by atoms with E-state index >= 15 is 0 Å². The minimum absolute atomic E-state index is 0.0453. The second-order valence-electron chi connectivity index (χ2n) is 7.81. The summed E-state index contributed by atoms with van der Waals surface area (Å²) in [7, 11) is 1.72. The summed E-state index contributed by atoms with van der Waals surface area (Å²) in [5.74, 6) is 0. The maximum atomic E-state index is 12.1. The number of hydrogen-bond donors (Lipinski definition) is 0. The van der Waals surface area contributed by atoms with Crippen LogP contribution in [0.4, 0.5) is 9.59 Å². The van der Waals surface area contributed by atoms with E-state index in [-0.39, 0.29) is 18.2 Å². The van der Waals surface area contributed by atoms with Gasteiger partial charge in [0.15, 0.2) is 0 Å². The molecule has 1 saturated heterocycles. The fraction of sp³-hybridized carbons (Fsp3) is 0.875. The Bertz CT molecular complexity index is 383. The van der Waals surface area contributed by atoms with Crippen molar-refractivity contribution in [1.82, 2.24) is 9.80 Å². The SMILES string of the molecule is CN(C(=O)OC(C)(C)C)C1CCCN(C(=O)OC(C)(C)C)C1. The highest BCUT2D eigenvalue weighted by molar-refractivity contribution is 5.70. The molecule has 1 aliphatic rings. The quantitative estimate of drug-likeness (QED) is 0.745. The van der Waals surface area contributed by atoms with E-state index in [9.17, 15) is 9.59 Å². The Hall–Kier alpha value is -1.46. The zero-order chi connectivity index (χ0) is 17.1. The molecule has 0 N–H and O–H groups in total. The van der Waals surface area contributed by atoms with Crippen LogP contribution in [-0.2, 0) is 9.47 Å². The van der Waals surface area contributed by atoms with Gasteiger partial charge in [0.25, 0.3) is 0 Å². The molecule has 0 radical (unpaired) electrons. The highest BCUT2D eigenvalue weighted by Crippen LogP contribution is 2.20. The van der Waals surface area contributed by atoms with Crippen LogP contribution in [0.15, 0.2) is 0 Å². The van der Waals surface area contributed by atoms with Crippen molar-refractivity contribution < 1.29 is 19.1 Å². The number of likely N-dealkylation sites (N-methyl/N-ethyl adjacent to an activating group) is 1. The van der Waals surface area contributed by atoms with Crippen molar-refractivity contribution >= 4 is 12.2 Å². The van der Waals surface area contributed by atoms with Gasteiger partial charge in [-0.2, -0.15) is 0 Å². The van der Waals surface area contributed by atoms with Crippen LogP contribution < -0.4 is 0 Å². The summed E-state index contributed by atoms with van der Waals surface area (Å²) in [4.78, 5) is 27.5. The number of rotatable bonds is 1. The third-order valence-electron chi connectivity index (χ3n) is 3.28. The Morgan fingerprint density at radius 2 is 1.59 bits per heavy atom. The van der Waals surface area contributed by atoms with E-state index in [1.165, 1.54) is 0 Å². The van der Waals surface area contributed by atoms with Crippen LogP contribution in [0.2, 0.25) is 0 Å². The normalized spacial score (nSPS) is 19.6. The van der Waals surface area contributed by atoms with E-state index in [1.807, 2.05) is 41.5 Å². The largest absolute Gasteiger partial charge is 0.444 e. The predicted molar refractivity (Wildman–Crippen MR) is 84.8 cm³/mol. The Morgan fingerprint density at radius 3 is 2.09 bits per heavy atom. The molecule has 1 aliphatic heterocycles. The Balaban J connectivity index is 2.62. The second kappa shape index (κ2) is 6.75. The molecule has 6 nitrogen and oxygen atoms in total. The lowest BCUT2D eigenvalue weighted by Crippen LogP contribution is -2.52. The Labute approximate surface area is 133 Å². The monoisotopic (exact) mass is 314 g/mol. The maximum absolute atomic E-state index is 12.1. The fourth-order valence-corrected chi connectivity index (χ4v) is 2.25. The van der Waals surface area contributed by atoms with E-state index in [0.717, 1.165) is 12.8 Å². The first-order chi connectivity index (χ1) is 9.89. The number of carbonyl (C=O) groups excluding carboxylic acids is 2. The summed E-state index contributed by atoms with van der Waals surface area (Å²) in [5.41, 5.74) is -1.04. The molecule has 2 amide bonds. The van der Waals surface area contributed by atoms with Gasteiger partial charge in [-0.3, -0.25) is 0 Å². The number of ether oxygens (including phenoxy) is 2. The van der Waals surface area contributed by atoms with Gasteiger partial charge in [0.1, 0.15) is 11.2 Å². The van der Waals surface area contributed by atoms with Gasteiger partial charge >= 0.3 is 12.2 Å². The van der Waals surface area contributed by atoms with Crippen LogP contribution in [0.25, 0.3) is 0 Å². The lowest BCUT2D eigenvalue weighted by molar-refractivity contribution is -0.000508. The molecule has 1 heterocycles. The Morgan fingerprint density at radius 1 is 1.05 bits per heavy atom. The van der Waals surface area contributed by atoms with Gasteiger partial charge in [-0.25, -0.2) is 9.59 Å². The van der Waals surface area contributed by atoms with E-state index in [4.69, 9.17) is 9.47 Å². The third-order valence-corrected chi connectivity index (χ3v) is 3.28. The molecular weight excluding hydrogens is 284 g/mol. The van der Waals surface area contributed by atoms with Crippen molar-refractivity contribution in [3.63, 3.8) is 0 Å². The molecule has 1 rings (SSSR count). The summed E-state index contributed by atoms with van der Waals surface area (Å²) < 4.78 is 10.8. The molecule has 128 valence electrons. The predicted octanol–water partition coefficient (Wildman–Crippen LogP) is 3.25. The van der Waals surface area contributed by atoms with Crippen LogP contribution in [0, 0.1) is 0 Å². The number of piperidine rings is 1. The van der Waals surface area contributed by atoms with Gasteiger partial charge < -0.3 is 19.3 Å². The average Bonchev–Trinajstić information content (AvgIpc) is 2.34. The molecule has 0 aliphatic carbocycles. The summed E-state index contributed by atoms with van der Waals surface area (Å²) in [6.45, 7) is 12.2. The summed E-state index contributed by atoms with van der Waals surface area (Å²) >= 11 is 0. The molecule has 0 aromatic rings. The van der Waals surface area contributed by atoms with Crippen molar-refractivity contribution in [2.75, 3.05) is 20.1 Å². The zero-order valence-corrected chi connectivity index (χ0v) is 14.9. The third kappa shape index (κ3) is 6.12. The van der Waals surface area contributed by atoms with Gasteiger partial charge in [-0.15, -0.1) is 0 Å². The zero-order valence-electron chi connectivity index (χ0n) is 14.9. The van der Waals surface area contributed by atoms with Crippen molar-refractivity contribution in [2.24, 2.45) is 0 Å². The summed E-state index contributed by atoms with van der Waals surface area (Å²) in [6, 6.07) is -0.0453. The number of nitrogens with zero attached hydrogens (tertiary/aromatic N) is 2. The molecular formula is C16H30N2O4. The minimum atomic E-state index is -0.523. The molecule has 1 unspecified atom stereocenters. The first kappa shape index (κ1) is 18.6. The smallest absolute Gasteiger partial charge is 0.410 e. The Kier molecular flexibility index (Phi) is 5.70. The van der Waals surface area contributed by atoms with Gasteiger partial charge in [0.05, 0.1) is 6.04 Å². The average molecular weight is 314 g/mol. The van der Waals surface area contributed by atoms with Crippen LogP contribution in [0.3, 0.4) is 0 Å². The van der Waals surface area contributed by atoms with E-state index in [1.54, 1.807) is 16.8 Å². The summed E-state index contributed by atoms with van der Waals surface area (Å²) in [5, 5.41) is 0. The first-order valence-electron chi connectivity index (χ1n) is 7.83. The van der Waals surface area contributed by atoms with E-state index in [0.29, 0.717) is 13.1 Å². The highest BCUT2D eigenvalue weighted by Gasteiger charge is 2.32. The molecule has 6 heteroatoms. The second-order valence-corrected chi connectivity index (χ2v) is 7.81. The lowest BCUT2D eigenvalue weighted by Gasteiger charge is -2.38. The highest BCUT2D eigenvalue weighted by atomic mass is 16.6. The number of carbonyl (C=O) groups is 2. The minimum Gasteiger partial charge on any atom is -0.444 e. The molecule has 1 atom stereocenters. The molecule has 0 bridgehead atoms.